The Labute approximate surface area is 239 Å². The van der Waals surface area contributed by atoms with Gasteiger partial charge in [0.25, 0.3) is 0 Å². The zero-order chi connectivity index (χ0) is 28.7. The number of hydrogen-bond acceptors (Lipinski definition) is 8. The number of morpholine rings is 1. The molecule has 2 N–H and O–H groups in total. The lowest BCUT2D eigenvalue weighted by molar-refractivity contribution is -0.147. The molecular weight excluding hydrogens is 520 g/mol. The van der Waals surface area contributed by atoms with Gasteiger partial charge >= 0.3 is 11.9 Å². The van der Waals surface area contributed by atoms with Crippen LogP contribution >= 0.6 is 0 Å². The standard InChI is InChI=1S/C32H36N4O5/c1-5-40-31(37)30-25(17-36-9-11-39-12-10-36)34-24-15-26(27-19(3)13-18(2)14-20(27)4)41-32(38)29(24)28(30)21-7-6-8-23-22(21)16-33-35-23/h6-8,13-14,16,26,28,34H,5,9-12,15,17H2,1-4H3,(H,33,35). The summed E-state index contributed by atoms with van der Waals surface area (Å²) >= 11 is 0. The fourth-order valence-corrected chi connectivity index (χ4v) is 6.60. The van der Waals surface area contributed by atoms with Gasteiger partial charge in [0.05, 0.1) is 48.6 Å². The average molecular weight is 557 g/mol. The zero-order valence-corrected chi connectivity index (χ0v) is 24.0. The van der Waals surface area contributed by atoms with Crippen LogP contribution in [0.5, 0.6) is 0 Å². The number of carbonyl (C=O) groups is 2. The minimum absolute atomic E-state index is 0.222. The van der Waals surface area contributed by atoms with E-state index in [1.54, 1.807) is 13.1 Å². The molecule has 9 nitrogen and oxygen atoms in total. The number of ether oxygens (including phenoxy) is 3. The largest absolute Gasteiger partial charge is 0.463 e. The van der Waals surface area contributed by atoms with Crippen LogP contribution in [-0.2, 0) is 23.8 Å². The van der Waals surface area contributed by atoms with Crippen LogP contribution < -0.4 is 5.32 Å². The van der Waals surface area contributed by atoms with Crippen molar-refractivity contribution in [1.82, 2.24) is 20.4 Å². The first-order chi connectivity index (χ1) is 19.9. The number of cyclic esters (lactones) is 1. The average Bonchev–Trinajstić information content (AvgIpc) is 3.42. The molecule has 2 aromatic carbocycles. The van der Waals surface area contributed by atoms with Crippen LogP contribution in [0.3, 0.4) is 0 Å². The third kappa shape index (κ3) is 5.04. The van der Waals surface area contributed by atoms with E-state index in [9.17, 15) is 9.59 Å². The van der Waals surface area contributed by atoms with E-state index >= 15 is 0 Å². The molecule has 3 aliphatic rings. The molecule has 41 heavy (non-hydrogen) atoms. The van der Waals surface area contributed by atoms with Crippen LogP contribution in [0.25, 0.3) is 10.9 Å². The van der Waals surface area contributed by atoms with E-state index in [0.717, 1.165) is 57.6 Å². The number of rotatable bonds is 6. The summed E-state index contributed by atoms with van der Waals surface area (Å²) in [7, 11) is 0. The predicted octanol–water partition coefficient (Wildman–Crippen LogP) is 4.27. The van der Waals surface area contributed by atoms with E-state index in [2.05, 4.69) is 53.3 Å². The number of nitrogens with one attached hydrogen (secondary N) is 2. The minimum atomic E-state index is -0.670. The van der Waals surface area contributed by atoms with Crippen molar-refractivity contribution in [3.63, 3.8) is 0 Å². The molecule has 214 valence electrons. The van der Waals surface area contributed by atoms with Gasteiger partial charge in [0.2, 0.25) is 0 Å². The van der Waals surface area contributed by atoms with Gasteiger partial charge in [-0.2, -0.15) is 5.10 Å². The summed E-state index contributed by atoms with van der Waals surface area (Å²) in [5, 5.41) is 11.7. The number of nitrogens with zero attached hydrogens (tertiary/aromatic N) is 2. The topological polar surface area (TPSA) is 106 Å². The second-order valence-electron chi connectivity index (χ2n) is 11.0. The van der Waals surface area contributed by atoms with Crippen molar-refractivity contribution in [3.8, 4) is 0 Å². The van der Waals surface area contributed by atoms with Crippen LogP contribution in [0, 0.1) is 20.8 Å². The highest BCUT2D eigenvalue weighted by molar-refractivity contribution is 6.02. The Hall–Kier alpha value is -3.95. The number of carbonyl (C=O) groups excluding carboxylic acids is 2. The number of benzene rings is 2. The fourth-order valence-electron chi connectivity index (χ4n) is 6.60. The molecule has 3 aliphatic heterocycles. The monoisotopic (exact) mass is 556 g/mol. The molecule has 0 bridgehead atoms. The summed E-state index contributed by atoms with van der Waals surface area (Å²) in [5.41, 5.74) is 8.44. The molecule has 0 aliphatic carbocycles. The van der Waals surface area contributed by atoms with Crippen molar-refractivity contribution in [2.24, 2.45) is 0 Å². The lowest BCUT2D eigenvalue weighted by Crippen LogP contribution is -2.44. The van der Waals surface area contributed by atoms with Crippen molar-refractivity contribution < 1.29 is 23.8 Å². The van der Waals surface area contributed by atoms with Crippen molar-refractivity contribution in [1.29, 1.82) is 0 Å². The Kier molecular flexibility index (Phi) is 7.40. The Balaban J connectivity index is 1.51. The second kappa shape index (κ2) is 11.1. The molecule has 0 amide bonds. The Morgan fingerprint density at radius 1 is 1.15 bits per heavy atom. The van der Waals surface area contributed by atoms with Crippen LogP contribution in [0.1, 0.15) is 53.2 Å². The molecule has 1 aromatic heterocycles. The summed E-state index contributed by atoms with van der Waals surface area (Å²) in [4.78, 5) is 30.0. The van der Waals surface area contributed by atoms with Crippen molar-refractivity contribution in [2.75, 3.05) is 39.5 Å². The SMILES string of the molecule is CCOC(=O)C1=C(CN2CCOCC2)NC2=C(C(=O)OC(c3c(C)cc(C)cc3C)C2)C1c1cccc2[nH]ncc12. The van der Waals surface area contributed by atoms with Crippen LogP contribution in [-0.4, -0.2) is 66.5 Å². The van der Waals surface area contributed by atoms with E-state index in [0.29, 0.717) is 37.3 Å². The molecule has 3 aromatic rings. The number of H-pyrrole nitrogens is 1. The smallest absolute Gasteiger partial charge is 0.337 e. The molecule has 6 rings (SSSR count). The lowest BCUT2D eigenvalue weighted by atomic mass is 9.77. The van der Waals surface area contributed by atoms with Crippen LogP contribution in [0.2, 0.25) is 0 Å². The normalized spacial score (nSPS) is 21.5. The van der Waals surface area contributed by atoms with Gasteiger partial charge in [0, 0.05) is 42.8 Å². The first-order valence-electron chi connectivity index (χ1n) is 14.3. The number of aromatic amines is 1. The number of esters is 2. The third-order valence-electron chi connectivity index (χ3n) is 8.26. The van der Waals surface area contributed by atoms with Gasteiger partial charge in [-0.3, -0.25) is 10.00 Å². The highest BCUT2D eigenvalue weighted by Crippen LogP contribution is 2.47. The summed E-state index contributed by atoms with van der Waals surface area (Å²) in [6.45, 7) is 11.5. The Morgan fingerprint density at radius 3 is 2.63 bits per heavy atom. The summed E-state index contributed by atoms with van der Waals surface area (Å²) in [6, 6.07) is 10.1. The van der Waals surface area contributed by atoms with E-state index in [1.807, 2.05) is 18.2 Å². The van der Waals surface area contributed by atoms with Gasteiger partial charge in [0.1, 0.15) is 6.10 Å². The second-order valence-corrected chi connectivity index (χ2v) is 11.0. The third-order valence-corrected chi connectivity index (χ3v) is 8.26. The molecule has 0 radical (unpaired) electrons. The van der Waals surface area contributed by atoms with Gasteiger partial charge in [-0.25, -0.2) is 9.59 Å². The zero-order valence-electron chi connectivity index (χ0n) is 24.0. The highest BCUT2D eigenvalue weighted by Gasteiger charge is 2.44. The maximum atomic E-state index is 14.0. The molecule has 1 fully saturated rings. The summed E-state index contributed by atoms with van der Waals surface area (Å²) in [5.74, 6) is -1.54. The molecule has 2 atom stereocenters. The van der Waals surface area contributed by atoms with Crippen molar-refractivity contribution in [3.05, 3.63) is 86.9 Å². The van der Waals surface area contributed by atoms with Crippen molar-refractivity contribution in [2.45, 2.75) is 46.1 Å². The summed E-state index contributed by atoms with van der Waals surface area (Å²) in [6.07, 6.45) is 1.79. The minimum Gasteiger partial charge on any atom is -0.463 e. The van der Waals surface area contributed by atoms with Gasteiger partial charge in [0.15, 0.2) is 0 Å². The number of aryl methyl sites for hydroxylation is 3. The summed E-state index contributed by atoms with van der Waals surface area (Å²) < 4.78 is 17.4. The molecule has 1 saturated heterocycles. The van der Waals surface area contributed by atoms with Crippen LogP contribution in [0.4, 0.5) is 0 Å². The van der Waals surface area contributed by atoms with Crippen LogP contribution in [0.15, 0.2) is 59.1 Å². The fraction of sp³-hybridized carbons (Fsp3) is 0.406. The molecule has 2 unspecified atom stereocenters. The maximum absolute atomic E-state index is 14.0. The van der Waals surface area contributed by atoms with Gasteiger partial charge in [-0.05, 0) is 56.0 Å². The Bertz CT molecular complexity index is 1560. The Morgan fingerprint density at radius 2 is 1.90 bits per heavy atom. The lowest BCUT2D eigenvalue weighted by Gasteiger charge is -2.39. The number of hydrogen-bond donors (Lipinski definition) is 2. The molecule has 4 heterocycles. The molecular formula is C32H36N4O5. The van der Waals surface area contributed by atoms with Gasteiger partial charge in [-0.1, -0.05) is 29.8 Å². The van der Waals surface area contributed by atoms with E-state index in [1.165, 1.54) is 5.56 Å². The number of fused-ring (bicyclic) bond motifs is 1. The molecule has 0 spiro atoms. The first-order valence-corrected chi connectivity index (χ1v) is 14.3. The first kappa shape index (κ1) is 27.2. The number of aromatic nitrogens is 2. The van der Waals surface area contributed by atoms with E-state index in [-0.39, 0.29) is 6.61 Å². The number of dihydropyridines is 1. The van der Waals surface area contributed by atoms with E-state index < -0.39 is 24.0 Å². The van der Waals surface area contributed by atoms with Crippen molar-refractivity contribution >= 4 is 22.8 Å². The molecule has 0 saturated carbocycles. The molecule has 9 heteroatoms. The van der Waals surface area contributed by atoms with E-state index in [4.69, 9.17) is 14.2 Å². The highest BCUT2D eigenvalue weighted by atomic mass is 16.5. The quantitative estimate of drug-likeness (QED) is 0.434. The maximum Gasteiger partial charge on any atom is 0.337 e. The predicted molar refractivity (Wildman–Crippen MR) is 154 cm³/mol. The van der Waals surface area contributed by atoms with Gasteiger partial charge < -0.3 is 19.5 Å². The van der Waals surface area contributed by atoms with Gasteiger partial charge in [-0.15, -0.1) is 0 Å².